The summed E-state index contributed by atoms with van der Waals surface area (Å²) in [5.41, 5.74) is 2.08. The molecule has 0 fully saturated rings. The molecule has 1 N–H and O–H groups in total. The molecule has 6 heteroatoms. The number of carbonyl (C=O) groups is 3. The minimum atomic E-state index is -0.334. The molecule has 3 amide bonds. The first-order chi connectivity index (χ1) is 13.1. The monoisotopic (exact) mass is 360 g/mol. The van der Waals surface area contributed by atoms with Crippen LogP contribution in [0, 0.1) is 0 Å². The van der Waals surface area contributed by atoms with E-state index in [0.717, 1.165) is 10.5 Å². The first kappa shape index (κ1) is 16.8. The van der Waals surface area contributed by atoms with Crippen LogP contribution < -0.4 is 10.2 Å². The van der Waals surface area contributed by atoms with Crippen molar-refractivity contribution in [3.05, 3.63) is 89.4 Å². The third-order valence-electron chi connectivity index (χ3n) is 4.39. The van der Waals surface area contributed by atoms with Gasteiger partial charge in [-0.1, -0.05) is 24.3 Å². The van der Waals surface area contributed by atoms with Gasteiger partial charge in [-0.2, -0.15) is 0 Å². The lowest BCUT2D eigenvalue weighted by atomic mass is 10.1. The molecular formula is C21H16N2O4. The van der Waals surface area contributed by atoms with E-state index in [2.05, 4.69) is 5.32 Å². The zero-order valence-electron chi connectivity index (χ0n) is 14.3. The average Bonchev–Trinajstić information content (AvgIpc) is 3.29. The second-order valence-electron chi connectivity index (χ2n) is 6.19. The van der Waals surface area contributed by atoms with Crippen molar-refractivity contribution in [1.82, 2.24) is 5.32 Å². The van der Waals surface area contributed by atoms with Crippen LogP contribution in [0.1, 0.15) is 32.0 Å². The van der Waals surface area contributed by atoms with Crippen LogP contribution in [0.25, 0.3) is 0 Å². The second-order valence-corrected chi connectivity index (χ2v) is 6.19. The topological polar surface area (TPSA) is 79.6 Å². The molecule has 134 valence electrons. The van der Waals surface area contributed by atoms with Gasteiger partial charge in [-0.05, 0) is 42.0 Å². The average molecular weight is 360 g/mol. The van der Waals surface area contributed by atoms with Gasteiger partial charge in [0.25, 0.3) is 11.8 Å². The van der Waals surface area contributed by atoms with Gasteiger partial charge in [-0.25, -0.2) is 4.90 Å². The number of rotatable bonds is 5. The number of furan rings is 1. The summed E-state index contributed by atoms with van der Waals surface area (Å²) < 4.78 is 5.17. The summed E-state index contributed by atoms with van der Waals surface area (Å²) >= 11 is 0. The number of fused-ring (bicyclic) bond motifs is 1. The Morgan fingerprint density at radius 1 is 0.889 bits per heavy atom. The third kappa shape index (κ3) is 3.25. The van der Waals surface area contributed by atoms with Crippen molar-refractivity contribution in [2.24, 2.45) is 0 Å². The summed E-state index contributed by atoms with van der Waals surface area (Å²) in [5, 5.41) is 2.78. The number of hydrogen-bond donors (Lipinski definition) is 1. The summed E-state index contributed by atoms with van der Waals surface area (Å²) in [6, 6.07) is 17.2. The van der Waals surface area contributed by atoms with Crippen LogP contribution in [0.3, 0.4) is 0 Å². The van der Waals surface area contributed by atoms with Gasteiger partial charge in [0.05, 0.1) is 36.0 Å². The molecule has 4 rings (SSSR count). The Hall–Kier alpha value is -3.67. The molecule has 2 heterocycles. The first-order valence-corrected chi connectivity index (χ1v) is 8.49. The largest absolute Gasteiger partial charge is 0.467 e. The van der Waals surface area contributed by atoms with Crippen molar-refractivity contribution >= 4 is 23.4 Å². The Morgan fingerprint density at radius 3 is 2.15 bits per heavy atom. The maximum Gasteiger partial charge on any atom is 0.266 e. The molecule has 0 unspecified atom stereocenters. The maximum absolute atomic E-state index is 12.5. The molecule has 27 heavy (non-hydrogen) atoms. The predicted octanol–water partition coefficient (Wildman–Crippen LogP) is 2.94. The molecule has 6 nitrogen and oxygen atoms in total. The van der Waals surface area contributed by atoms with Crippen molar-refractivity contribution in [3.8, 4) is 0 Å². The van der Waals surface area contributed by atoms with E-state index in [0.29, 0.717) is 29.1 Å². The zero-order chi connectivity index (χ0) is 18.8. The lowest BCUT2D eigenvalue weighted by Crippen LogP contribution is -2.29. The molecule has 1 aromatic heterocycles. The van der Waals surface area contributed by atoms with Crippen molar-refractivity contribution < 1.29 is 18.8 Å². The molecule has 1 aliphatic rings. The quantitative estimate of drug-likeness (QED) is 0.710. The number of nitrogens with one attached hydrogen (secondary N) is 1. The highest BCUT2D eigenvalue weighted by Gasteiger charge is 2.36. The summed E-state index contributed by atoms with van der Waals surface area (Å²) in [7, 11) is 0. The van der Waals surface area contributed by atoms with E-state index < -0.39 is 0 Å². The highest BCUT2D eigenvalue weighted by Crippen LogP contribution is 2.28. The van der Waals surface area contributed by atoms with Gasteiger partial charge in [0, 0.05) is 0 Å². The van der Waals surface area contributed by atoms with E-state index >= 15 is 0 Å². The van der Waals surface area contributed by atoms with Crippen molar-refractivity contribution in [2.45, 2.75) is 13.0 Å². The van der Waals surface area contributed by atoms with Crippen LogP contribution in [-0.2, 0) is 17.8 Å². The van der Waals surface area contributed by atoms with Crippen LogP contribution in [0.15, 0.2) is 71.3 Å². The molecule has 0 saturated heterocycles. The number of amides is 3. The second kappa shape index (κ2) is 6.92. The number of nitrogens with zero attached hydrogens (tertiary/aromatic N) is 1. The van der Waals surface area contributed by atoms with E-state index in [-0.39, 0.29) is 24.1 Å². The van der Waals surface area contributed by atoms with Crippen LogP contribution in [0.2, 0.25) is 0 Å². The summed E-state index contributed by atoms with van der Waals surface area (Å²) in [5.74, 6) is -0.122. The minimum absolute atomic E-state index is 0.139. The van der Waals surface area contributed by atoms with Crippen LogP contribution >= 0.6 is 0 Å². The van der Waals surface area contributed by atoms with E-state index in [9.17, 15) is 14.4 Å². The molecule has 2 aromatic carbocycles. The van der Waals surface area contributed by atoms with Gasteiger partial charge in [-0.15, -0.1) is 0 Å². The molecule has 3 aromatic rings. The van der Waals surface area contributed by atoms with Crippen LogP contribution in [0.4, 0.5) is 5.69 Å². The van der Waals surface area contributed by atoms with Crippen molar-refractivity contribution in [3.63, 3.8) is 0 Å². The Morgan fingerprint density at radius 2 is 1.56 bits per heavy atom. The number of carbonyl (C=O) groups excluding carboxylic acids is 3. The lowest BCUT2D eigenvalue weighted by molar-refractivity contribution is -0.120. The van der Waals surface area contributed by atoms with Crippen LogP contribution in [0.5, 0.6) is 0 Å². The first-order valence-electron chi connectivity index (χ1n) is 8.49. The maximum atomic E-state index is 12.5. The highest BCUT2D eigenvalue weighted by atomic mass is 16.3. The fourth-order valence-corrected chi connectivity index (χ4v) is 3.03. The molecule has 0 saturated carbocycles. The van der Waals surface area contributed by atoms with E-state index in [1.54, 1.807) is 66.9 Å². The molecule has 1 aliphatic heterocycles. The van der Waals surface area contributed by atoms with Gasteiger partial charge in [0.1, 0.15) is 5.76 Å². The number of benzene rings is 2. The predicted molar refractivity (Wildman–Crippen MR) is 98.3 cm³/mol. The normalized spacial score (nSPS) is 13.0. The molecule has 0 aliphatic carbocycles. The van der Waals surface area contributed by atoms with Crippen LogP contribution in [-0.4, -0.2) is 17.7 Å². The Kier molecular flexibility index (Phi) is 4.30. The molecule has 0 atom stereocenters. The Bertz CT molecular complexity index is 972. The van der Waals surface area contributed by atoms with E-state index in [4.69, 9.17) is 4.42 Å². The molecule has 0 radical (unpaired) electrons. The van der Waals surface area contributed by atoms with Gasteiger partial charge in [0.15, 0.2) is 0 Å². The SMILES string of the molecule is O=C(Cc1ccc(N2C(=O)c3ccccc3C2=O)cc1)NCc1ccco1. The van der Waals surface area contributed by atoms with Gasteiger partial charge < -0.3 is 9.73 Å². The smallest absolute Gasteiger partial charge is 0.266 e. The Balaban J connectivity index is 1.43. The number of anilines is 1. The van der Waals surface area contributed by atoms with E-state index in [1.165, 1.54) is 0 Å². The Labute approximate surface area is 155 Å². The minimum Gasteiger partial charge on any atom is -0.467 e. The number of hydrogen-bond acceptors (Lipinski definition) is 4. The summed E-state index contributed by atoms with van der Waals surface area (Å²) in [6.45, 7) is 0.332. The third-order valence-corrected chi connectivity index (χ3v) is 4.39. The van der Waals surface area contributed by atoms with Crippen molar-refractivity contribution in [1.29, 1.82) is 0 Å². The molecular weight excluding hydrogens is 344 g/mol. The zero-order valence-corrected chi connectivity index (χ0v) is 14.3. The fraction of sp³-hybridized carbons (Fsp3) is 0.0952. The van der Waals surface area contributed by atoms with Gasteiger partial charge in [0.2, 0.25) is 5.91 Å². The summed E-state index contributed by atoms with van der Waals surface area (Å²) in [4.78, 5) is 38.2. The van der Waals surface area contributed by atoms with Gasteiger partial charge in [-0.3, -0.25) is 14.4 Å². The lowest BCUT2D eigenvalue weighted by Gasteiger charge is -2.14. The van der Waals surface area contributed by atoms with E-state index in [1.807, 2.05) is 0 Å². The molecule has 0 spiro atoms. The highest BCUT2D eigenvalue weighted by molar-refractivity contribution is 6.34. The molecule has 0 bridgehead atoms. The standard InChI is InChI=1S/C21H16N2O4/c24-19(22-13-16-4-3-11-27-16)12-14-7-9-15(10-8-14)23-20(25)17-5-1-2-6-18(17)21(23)26/h1-11H,12-13H2,(H,22,24). The van der Waals surface area contributed by atoms with Crippen molar-refractivity contribution in [2.75, 3.05) is 4.90 Å². The summed E-state index contributed by atoms with van der Waals surface area (Å²) in [6.07, 6.45) is 1.75. The van der Waals surface area contributed by atoms with Gasteiger partial charge >= 0.3 is 0 Å². The number of imide groups is 1. The fourth-order valence-electron chi connectivity index (χ4n) is 3.03.